The van der Waals surface area contributed by atoms with Crippen LogP contribution in [0.25, 0.3) is 10.8 Å². The third kappa shape index (κ3) is 3.49. The van der Waals surface area contributed by atoms with Crippen molar-refractivity contribution in [3.8, 4) is 0 Å². The molecule has 0 bridgehead atoms. The number of benzene rings is 2. The molecule has 3 rings (SSSR count). The number of hydrogen-bond acceptors (Lipinski definition) is 2. The van der Waals surface area contributed by atoms with Crippen molar-refractivity contribution in [2.24, 2.45) is 0 Å². The lowest BCUT2D eigenvalue weighted by molar-refractivity contribution is -0.191. The minimum absolute atomic E-state index is 0.0447. The summed E-state index contributed by atoms with van der Waals surface area (Å²) < 4.78 is 41.0. The van der Waals surface area contributed by atoms with Gasteiger partial charge in [-0.05, 0) is 33.4 Å². The number of carbonyl (C=O) groups excluding carboxylic acids is 1. The molecule has 6 heteroatoms. The topological polar surface area (TPSA) is 32.3 Å². The predicted molar refractivity (Wildman–Crippen MR) is 90.9 cm³/mol. The molecule has 1 aliphatic heterocycles. The minimum atomic E-state index is -4.48. The molecular formula is C19H21F3N2O. The summed E-state index contributed by atoms with van der Waals surface area (Å²) in [7, 11) is 0. The highest BCUT2D eigenvalue weighted by Gasteiger charge is 2.46. The number of nitrogens with one attached hydrogen (secondary N) is 1. The van der Waals surface area contributed by atoms with Crippen LogP contribution in [0.1, 0.15) is 44.4 Å². The second-order valence-electron chi connectivity index (χ2n) is 7.46. The van der Waals surface area contributed by atoms with Crippen LogP contribution in [0, 0.1) is 0 Å². The normalized spacial score (nSPS) is 17.8. The summed E-state index contributed by atoms with van der Waals surface area (Å²) >= 11 is 0. The van der Waals surface area contributed by atoms with Gasteiger partial charge in [0.25, 0.3) is 0 Å². The molecule has 25 heavy (non-hydrogen) atoms. The third-order valence-corrected chi connectivity index (χ3v) is 4.50. The van der Waals surface area contributed by atoms with Gasteiger partial charge in [0, 0.05) is 13.0 Å². The molecule has 0 unspecified atom stereocenters. The molecule has 3 nitrogen and oxygen atoms in total. The first-order valence-electron chi connectivity index (χ1n) is 8.23. The Balaban J connectivity index is 2.09. The SMILES string of the molecule is CC(C)(C)c1cccc2cc([C@H](N3CCC(=O)N3)C(F)(F)F)ccc12. The number of fused-ring (bicyclic) bond motifs is 1. The number of amides is 1. The van der Waals surface area contributed by atoms with Crippen molar-refractivity contribution < 1.29 is 18.0 Å². The largest absolute Gasteiger partial charge is 0.409 e. The molecule has 1 aliphatic rings. The Hall–Kier alpha value is -2.08. The van der Waals surface area contributed by atoms with Gasteiger partial charge in [-0.2, -0.15) is 13.2 Å². The van der Waals surface area contributed by atoms with E-state index in [-0.39, 0.29) is 29.9 Å². The molecule has 0 saturated carbocycles. The predicted octanol–water partition coefficient (Wildman–Crippen LogP) is 4.48. The highest BCUT2D eigenvalue weighted by atomic mass is 19.4. The van der Waals surface area contributed by atoms with Crippen molar-refractivity contribution in [1.82, 2.24) is 10.4 Å². The molecule has 0 radical (unpaired) electrons. The summed E-state index contributed by atoms with van der Waals surface area (Å²) in [5.41, 5.74) is 3.44. The summed E-state index contributed by atoms with van der Waals surface area (Å²) in [6, 6.07) is 8.69. The lowest BCUT2D eigenvalue weighted by Gasteiger charge is -2.29. The average molecular weight is 350 g/mol. The molecule has 2 aromatic rings. The van der Waals surface area contributed by atoms with E-state index in [4.69, 9.17) is 0 Å². The minimum Gasteiger partial charge on any atom is -0.288 e. The van der Waals surface area contributed by atoms with E-state index in [9.17, 15) is 18.0 Å². The smallest absolute Gasteiger partial charge is 0.288 e. The maximum atomic E-state index is 13.7. The maximum Gasteiger partial charge on any atom is 0.409 e. The quantitative estimate of drug-likeness (QED) is 0.866. The van der Waals surface area contributed by atoms with Gasteiger partial charge in [-0.25, -0.2) is 5.01 Å². The van der Waals surface area contributed by atoms with Gasteiger partial charge in [0.15, 0.2) is 0 Å². The number of hydrazine groups is 1. The molecule has 134 valence electrons. The summed E-state index contributed by atoms with van der Waals surface area (Å²) in [5.74, 6) is -0.384. The first-order chi connectivity index (χ1) is 11.6. The fourth-order valence-electron chi connectivity index (χ4n) is 3.36. The van der Waals surface area contributed by atoms with Gasteiger partial charge in [0.2, 0.25) is 5.91 Å². The van der Waals surface area contributed by atoms with Crippen molar-refractivity contribution in [2.45, 2.75) is 44.8 Å². The van der Waals surface area contributed by atoms with Gasteiger partial charge >= 0.3 is 6.18 Å². The Morgan fingerprint density at radius 3 is 2.40 bits per heavy atom. The number of alkyl halides is 3. The van der Waals surface area contributed by atoms with E-state index in [0.717, 1.165) is 21.3 Å². The summed E-state index contributed by atoms with van der Waals surface area (Å²) in [6.07, 6.45) is -4.40. The number of halogens is 3. The van der Waals surface area contributed by atoms with Crippen LogP contribution in [-0.4, -0.2) is 23.6 Å². The monoisotopic (exact) mass is 350 g/mol. The molecule has 1 N–H and O–H groups in total. The van der Waals surface area contributed by atoms with E-state index in [0.29, 0.717) is 0 Å². The molecule has 2 aromatic carbocycles. The zero-order chi connectivity index (χ0) is 18.4. The third-order valence-electron chi connectivity index (χ3n) is 4.50. The van der Waals surface area contributed by atoms with Crippen LogP contribution < -0.4 is 5.43 Å². The standard InChI is InChI=1S/C19H21F3N2O/c1-18(2,3)15-6-4-5-12-11-13(7-8-14(12)15)17(19(20,21)22)24-10-9-16(25)23-24/h4-8,11,17H,9-10H2,1-3H3,(H,23,25)/t17-/m0/s1. The van der Waals surface area contributed by atoms with Gasteiger partial charge < -0.3 is 0 Å². The number of nitrogens with zero attached hydrogens (tertiary/aromatic N) is 1. The van der Waals surface area contributed by atoms with Crippen molar-refractivity contribution in [1.29, 1.82) is 0 Å². The Labute approximate surface area is 144 Å². The molecule has 0 spiro atoms. The van der Waals surface area contributed by atoms with Gasteiger partial charge in [0.1, 0.15) is 6.04 Å². The van der Waals surface area contributed by atoms with E-state index >= 15 is 0 Å². The fraction of sp³-hybridized carbons (Fsp3) is 0.421. The maximum absolute atomic E-state index is 13.7. The molecule has 0 aliphatic carbocycles. The van der Waals surface area contributed by atoms with Crippen molar-refractivity contribution >= 4 is 16.7 Å². The molecule has 1 amide bonds. The second-order valence-corrected chi connectivity index (χ2v) is 7.46. The summed E-state index contributed by atoms with van der Waals surface area (Å²) in [5, 5.41) is 2.70. The first-order valence-corrected chi connectivity index (χ1v) is 8.23. The van der Waals surface area contributed by atoms with E-state index in [1.54, 1.807) is 12.1 Å². The lowest BCUT2D eigenvalue weighted by atomic mass is 9.83. The van der Waals surface area contributed by atoms with E-state index in [1.807, 2.05) is 18.2 Å². The van der Waals surface area contributed by atoms with Gasteiger partial charge in [-0.15, -0.1) is 0 Å². The summed E-state index contributed by atoms with van der Waals surface area (Å²) in [4.78, 5) is 11.4. The van der Waals surface area contributed by atoms with E-state index in [1.165, 1.54) is 6.07 Å². The van der Waals surface area contributed by atoms with Crippen LogP contribution in [-0.2, 0) is 10.2 Å². The highest BCUT2D eigenvalue weighted by Crippen LogP contribution is 2.39. The second kappa shape index (κ2) is 6.02. The zero-order valence-corrected chi connectivity index (χ0v) is 14.4. The van der Waals surface area contributed by atoms with Crippen LogP contribution in [0.3, 0.4) is 0 Å². The van der Waals surface area contributed by atoms with Crippen LogP contribution in [0.4, 0.5) is 13.2 Å². The van der Waals surface area contributed by atoms with Gasteiger partial charge in [-0.3, -0.25) is 10.2 Å². The molecule has 1 atom stereocenters. The van der Waals surface area contributed by atoms with Gasteiger partial charge in [0.05, 0.1) is 0 Å². The Morgan fingerprint density at radius 2 is 1.84 bits per heavy atom. The lowest BCUT2D eigenvalue weighted by Crippen LogP contribution is -2.43. The highest BCUT2D eigenvalue weighted by molar-refractivity contribution is 5.87. The Morgan fingerprint density at radius 1 is 1.12 bits per heavy atom. The Bertz CT molecular complexity index is 808. The Kier molecular flexibility index (Phi) is 4.27. The van der Waals surface area contributed by atoms with E-state index < -0.39 is 12.2 Å². The average Bonchev–Trinajstić information content (AvgIpc) is 2.90. The first kappa shape index (κ1) is 17.7. The molecule has 1 heterocycles. The van der Waals surface area contributed by atoms with Gasteiger partial charge in [-0.1, -0.05) is 51.1 Å². The van der Waals surface area contributed by atoms with Crippen molar-refractivity contribution in [3.05, 3.63) is 47.5 Å². The number of rotatable bonds is 2. The van der Waals surface area contributed by atoms with Crippen LogP contribution >= 0.6 is 0 Å². The fourth-order valence-corrected chi connectivity index (χ4v) is 3.36. The van der Waals surface area contributed by atoms with Crippen molar-refractivity contribution in [2.75, 3.05) is 6.54 Å². The number of carbonyl (C=O) groups is 1. The van der Waals surface area contributed by atoms with Crippen LogP contribution in [0.2, 0.25) is 0 Å². The molecule has 1 fully saturated rings. The molecule has 0 aromatic heterocycles. The van der Waals surface area contributed by atoms with Crippen molar-refractivity contribution in [3.63, 3.8) is 0 Å². The summed E-state index contributed by atoms with van der Waals surface area (Å²) in [6.45, 7) is 6.28. The molecular weight excluding hydrogens is 329 g/mol. The van der Waals surface area contributed by atoms with Crippen LogP contribution in [0.5, 0.6) is 0 Å². The zero-order valence-electron chi connectivity index (χ0n) is 14.4. The number of hydrogen-bond donors (Lipinski definition) is 1. The van der Waals surface area contributed by atoms with Crippen LogP contribution in [0.15, 0.2) is 36.4 Å². The van der Waals surface area contributed by atoms with E-state index in [2.05, 4.69) is 26.2 Å². The molecule has 1 saturated heterocycles.